The standard InChI is InChI=1S/C26H28Cl2FN3O3.ClH/c27-22-6-5-21(14-23(22)28)32-25(33)9-12-31(26(32)34)20-7-10-30(11-8-20)15-17-13-24(35-16-17)18-1-3-19(29)4-2-18;/h1-6,14,17,20,24H,7-13,15-16H2;1H. The predicted molar refractivity (Wildman–Crippen MR) is 141 cm³/mol. The van der Waals surface area contributed by atoms with Crippen LogP contribution in [0.5, 0.6) is 0 Å². The van der Waals surface area contributed by atoms with Gasteiger partial charge in [0, 0.05) is 38.6 Å². The molecule has 0 aromatic heterocycles. The molecule has 3 aliphatic heterocycles. The van der Waals surface area contributed by atoms with Crippen LogP contribution in [0.2, 0.25) is 10.0 Å². The van der Waals surface area contributed by atoms with Crippen molar-refractivity contribution in [3.63, 3.8) is 0 Å². The van der Waals surface area contributed by atoms with Gasteiger partial charge in [-0.2, -0.15) is 0 Å². The fourth-order valence-electron chi connectivity index (χ4n) is 5.38. The maximum Gasteiger partial charge on any atom is 0.331 e. The molecule has 2 unspecified atom stereocenters. The Bertz CT molecular complexity index is 1100. The minimum Gasteiger partial charge on any atom is -0.373 e. The van der Waals surface area contributed by atoms with Crippen LogP contribution >= 0.6 is 35.6 Å². The molecule has 0 spiro atoms. The van der Waals surface area contributed by atoms with Crippen molar-refractivity contribution in [1.82, 2.24) is 9.80 Å². The summed E-state index contributed by atoms with van der Waals surface area (Å²) in [5, 5.41) is 0.695. The van der Waals surface area contributed by atoms with Gasteiger partial charge in [-0.15, -0.1) is 12.4 Å². The van der Waals surface area contributed by atoms with Crippen LogP contribution < -0.4 is 4.90 Å². The molecule has 36 heavy (non-hydrogen) atoms. The average molecular weight is 557 g/mol. The summed E-state index contributed by atoms with van der Waals surface area (Å²) in [6.07, 6.45) is 2.97. The number of rotatable bonds is 5. The first-order valence-corrected chi connectivity index (χ1v) is 12.8. The first kappa shape index (κ1) is 27.1. The molecule has 3 fully saturated rings. The van der Waals surface area contributed by atoms with Gasteiger partial charge in [0.05, 0.1) is 28.4 Å². The highest BCUT2D eigenvalue weighted by molar-refractivity contribution is 6.42. The van der Waals surface area contributed by atoms with Crippen molar-refractivity contribution >= 4 is 53.2 Å². The number of amides is 3. The summed E-state index contributed by atoms with van der Waals surface area (Å²) < 4.78 is 19.2. The number of hydrogen-bond acceptors (Lipinski definition) is 4. The topological polar surface area (TPSA) is 53.1 Å². The number of likely N-dealkylation sites (tertiary alicyclic amines) is 1. The van der Waals surface area contributed by atoms with Gasteiger partial charge in [0.15, 0.2) is 0 Å². The van der Waals surface area contributed by atoms with Crippen molar-refractivity contribution in [2.45, 2.75) is 37.8 Å². The maximum absolute atomic E-state index is 13.3. The highest BCUT2D eigenvalue weighted by Crippen LogP contribution is 2.34. The molecule has 0 aliphatic carbocycles. The third-order valence-electron chi connectivity index (χ3n) is 7.25. The lowest BCUT2D eigenvalue weighted by molar-refractivity contribution is -0.119. The first-order valence-electron chi connectivity index (χ1n) is 12.1. The summed E-state index contributed by atoms with van der Waals surface area (Å²) in [5.74, 6) is -0.0252. The monoisotopic (exact) mass is 555 g/mol. The van der Waals surface area contributed by atoms with Crippen molar-refractivity contribution in [1.29, 1.82) is 0 Å². The maximum atomic E-state index is 13.3. The number of anilines is 1. The number of ether oxygens (including phenoxy) is 1. The van der Waals surface area contributed by atoms with Crippen molar-refractivity contribution < 1.29 is 18.7 Å². The van der Waals surface area contributed by atoms with Crippen molar-refractivity contribution in [2.24, 2.45) is 5.92 Å². The summed E-state index contributed by atoms with van der Waals surface area (Å²) in [4.78, 5) is 31.4. The Hall–Kier alpha value is -1.90. The summed E-state index contributed by atoms with van der Waals surface area (Å²) in [7, 11) is 0. The van der Waals surface area contributed by atoms with Crippen molar-refractivity contribution in [3.8, 4) is 0 Å². The van der Waals surface area contributed by atoms with Crippen LogP contribution in [0.4, 0.5) is 14.9 Å². The Morgan fingerprint density at radius 1 is 0.972 bits per heavy atom. The first-order chi connectivity index (χ1) is 16.9. The van der Waals surface area contributed by atoms with E-state index in [-0.39, 0.29) is 48.7 Å². The molecule has 0 saturated carbocycles. The molecule has 3 heterocycles. The van der Waals surface area contributed by atoms with Crippen LogP contribution in [-0.4, -0.2) is 60.6 Å². The molecule has 2 aromatic rings. The van der Waals surface area contributed by atoms with Crippen LogP contribution in [0.15, 0.2) is 42.5 Å². The zero-order valence-corrected chi connectivity index (χ0v) is 22.1. The molecule has 194 valence electrons. The molecule has 3 amide bonds. The minimum absolute atomic E-state index is 0. The van der Waals surface area contributed by atoms with Crippen LogP contribution in [0.3, 0.4) is 0 Å². The van der Waals surface area contributed by atoms with E-state index < -0.39 is 0 Å². The summed E-state index contributed by atoms with van der Waals surface area (Å²) >= 11 is 12.1. The van der Waals surface area contributed by atoms with E-state index in [0.29, 0.717) is 34.8 Å². The highest BCUT2D eigenvalue weighted by Gasteiger charge is 2.38. The van der Waals surface area contributed by atoms with Gasteiger partial charge in [-0.25, -0.2) is 14.1 Å². The summed E-state index contributed by atoms with van der Waals surface area (Å²) in [6, 6.07) is 11.2. The van der Waals surface area contributed by atoms with E-state index in [1.54, 1.807) is 30.3 Å². The molecule has 2 aromatic carbocycles. The lowest BCUT2D eigenvalue weighted by Crippen LogP contribution is -2.58. The zero-order chi connectivity index (χ0) is 24.5. The number of hydrogen-bond donors (Lipinski definition) is 0. The van der Waals surface area contributed by atoms with Crippen molar-refractivity contribution in [2.75, 3.05) is 37.7 Å². The molecule has 10 heteroatoms. The van der Waals surface area contributed by atoms with Gasteiger partial charge in [0.1, 0.15) is 5.82 Å². The van der Waals surface area contributed by atoms with E-state index in [9.17, 15) is 14.0 Å². The largest absolute Gasteiger partial charge is 0.373 e. The quantitative estimate of drug-likeness (QED) is 0.456. The number of carbonyl (C=O) groups excluding carboxylic acids is 2. The third kappa shape index (κ3) is 5.81. The minimum atomic E-state index is -0.288. The highest BCUT2D eigenvalue weighted by atomic mass is 35.5. The van der Waals surface area contributed by atoms with E-state index in [0.717, 1.165) is 44.5 Å². The second-order valence-electron chi connectivity index (χ2n) is 9.56. The second kappa shape index (κ2) is 11.7. The summed E-state index contributed by atoms with van der Waals surface area (Å²) in [6.45, 7) is 3.88. The Balaban J connectivity index is 0.00000304. The Morgan fingerprint density at radius 2 is 1.69 bits per heavy atom. The van der Waals surface area contributed by atoms with Gasteiger partial charge in [0.2, 0.25) is 5.91 Å². The van der Waals surface area contributed by atoms with Gasteiger partial charge >= 0.3 is 6.03 Å². The third-order valence-corrected chi connectivity index (χ3v) is 7.99. The van der Waals surface area contributed by atoms with E-state index in [1.807, 2.05) is 4.90 Å². The summed E-state index contributed by atoms with van der Waals surface area (Å²) in [5.41, 5.74) is 1.48. The smallest absolute Gasteiger partial charge is 0.331 e. The normalized spacial score (nSPS) is 23.8. The lowest BCUT2D eigenvalue weighted by Gasteiger charge is -2.43. The van der Waals surface area contributed by atoms with Crippen LogP contribution in [-0.2, 0) is 9.53 Å². The SMILES string of the molecule is Cl.O=C1CCN(C2CCN(CC3COC(c4ccc(F)cc4)C3)CC2)C(=O)N1c1ccc(Cl)c(Cl)c1. The van der Waals surface area contributed by atoms with E-state index >= 15 is 0 Å². The second-order valence-corrected chi connectivity index (χ2v) is 10.4. The molecule has 2 atom stereocenters. The Labute approximate surface area is 226 Å². The molecular weight excluding hydrogens is 528 g/mol. The average Bonchev–Trinajstić information content (AvgIpc) is 3.31. The molecule has 0 radical (unpaired) electrons. The van der Waals surface area contributed by atoms with E-state index in [2.05, 4.69) is 4.90 Å². The fraction of sp³-hybridized carbons (Fsp3) is 0.462. The van der Waals surface area contributed by atoms with Crippen molar-refractivity contribution in [3.05, 3.63) is 63.9 Å². The number of urea groups is 1. The fourth-order valence-corrected chi connectivity index (χ4v) is 5.68. The van der Waals surface area contributed by atoms with E-state index in [4.69, 9.17) is 27.9 Å². The molecule has 3 saturated heterocycles. The zero-order valence-electron chi connectivity index (χ0n) is 19.7. The molecule has 0 N–H and O–H groups in total. The van der Waals surface area contributed by atoms with Gasteiger partial charge in [-0.3, -0.25) is 4.79 Å². The molecular formula is C26H29Cl3FN3O3. The molecule has 0 bridgehead atoms. The van der Waals surface area contributed by atoms with E-state index in [1.165, 1.54) is 17.0 Å². The lowest BCUT2D eigenvalue weighted by atomic mass is 9.97. The van der Waals surface area contributed by atoms with Crippen LogP contribution in [0.25, 0.3) is 0 Å². The number of carbonyl (C=O) groups is 2. The number of nitrogens with zero attached hydrogens (tertiary/aromatic N) is 3. The molecule has 6 nitrogen and oxygen atoms in total. The van der Waals surface area contributed by atoms with Gasteiger partial charge in [-0.1, -0.05) is 35.3 Å². The number of piperidine rings is 1. The number of imide groups is 1. The van der Waals surface area contributed by atoms with Crippen LogP contribution in [0, 0.1) is 11.7 Å². The number of halogens is 4. The Morgan fingerprint density at radius 3 is 2.39 bits per heavy atom. The Kier molecular flexibility index (Phi) is 8.79. The molecule has 3 aliphatic rings. The predicted octanol–water partition coefficient (Wildman–Crippen LogP) is 5.96. The van der Waals surface area contributed by atoms with Crippen LogP contribution in [0.1, 0.15) is 37.4 Å². The van der Waals surface area contributed by atoms with Gasteiger partial charge in [-0.05, 0) is 61.1 Å². The number of benzene rings is 2. The van der Waals surface area contributed by atoms with Gasteiger partial charge in [0.25, 0.3) is 0 Å². The molecule has 5 rings (SSSR count). The van der Waals surface area contributed by atoms with Gasteiger partial charge < -0.3 is 14.5 Å².